The summed E-state index contributed by atoms with van der Waals surface area (Å²) in [4.78, 5) is 12.3. The van der Waals surface area contributed by atoms with Gasteiger partial charge in [0.15, 0.2) is 0 Å². The summed E-state index contributed by atoms with van der Waals surface area (Å²) in [6, 6.07) is 0. The van der Waals surface area contributed by atoms with Crippen LogP contribution in [-0.4, -0.2) is 19.0 Å². The molecule has 0 heterocycles. The highest BCUT2D eigenvalue weighted by Gasteiger charge is 2.30. The molecule has 3 N–H and O–H groups in total. The van der Waals surface area contributed by atoms with Gasteiger partial charge in [-0.3, -0.25) is 4.79 Å². The number of carbonyl (C=O) groups excluding carboxylic acids is 1. The first-order valence-electron chi connectivity index (χ1n) is 8.11. The predicted octanol–water partition coefficient (Wildman–Crippen LogP) is 2.84. The Morgan fingerprint density at radius 3 is 2.63 bits per heavy atom. The van der Waals surface area contributed by atoms with E-state index in [1.54, 1.807) is 0 Å². The van der Waals surface area contributed by atoms with Gasteiger partial charge in [0.1, 0.15) is 0 Å². The molecule has 0 radical (unpaired) electrons. The third-order valence-electron chi connectivity index (χ3n) is 5.24. The zero-order chi connectivity index (χ0) is 13.7. The van der Waals surface area contributed by atoms with Crippen LogP contribution in [0.5, 0.6) is 0 Å². The molecule has 0 bridgehead atoms. The van der Waals surface area contributed by atoms with Crippen molar-refractivity contribution >= 4 is 5.91 Å². The Kier molecular flexibility index (Phi) is 5.26. The molecule has 3 nitrogen and oxygen atoms in total. The van der Waals surface area contributed by atoms with Crippen molar-refractivity contribution in [2.24, 2.45) is 23.0 Å². The molecule has 2 aliphatic rings. The summed E-state index contributed by atoms with van der Waals surface area (Å²) in [5.41, 5.74) is 6.09. The summed E-state index contributed by atoms with van der Waals surface area (Å²) in [5.74, 6) is 1.06. The fourth-order valence-corrected chi connectivity index (χ4v) is 3.77. The van der Waals surface area contributed by atoms with Crippen LogP contribution in [0.25, 0.3) is 0 Å². The van der Waals surface area contributed by atoms with E-state index in [0.29, 0.717) is 11.3 Å². The van der Waals surface area contributed by atoms with Gasteiger partial charge >= 0.3 is 0 Å². The molecule has 110 valence electrons. The fourth-order valence-electron chi connectivity index (χ4n) is 3.77. The molecule has 0 spiro atoms. The van der Waals surface area contributed by atoms with E-state index in [9.17, 15) is 4.79 Å². The average molecular weight is 266 g/mol. The van der Waals surface area contributed by atoms with Crippen LogP contribution >= 0.6 is 0 Å². The molecule has 0 saturated heterocycles. The molecule has 2 unspecified atom stereocenters. The van der Waals surface area contributed by atoms with Gasteiger partial charge in [0, 0.05) is 12.5 Å². The molecule has 2 fully saturated rings. The average Bonchev–Trinajstić information content (AvgIpc) is 2.46. The van der Waals surface area contributed by atoms with Crippen LogP contribution < -0.4 is 11.1 Å². The normalized spacial score (nSPS) is 30.8. The number of nitrogens with two attached hydrogens (primary N) is 1. The summed E-state index contributed by atoms with van der Waals surface area (Å²) in [5, 5.41) is 3.23. The van der Waals surface area contributed by atoms with Crippen LogP contribution in [0.15, 0.2) is 0 Å². The van der Waals surface area contributed by atoms with E-state index < -0.39 is 0 Å². The standard InChI is InChI=1S/C16H30N2O/c1-16(8-3-2-4-9-16)12-18-15(19)14-7-5-6-13(10-14)11-17/h13-14H,2-12,17H2,1H3,(H,18,19). The Morgan fingerprint density at radius 2 is 1.95 bits per heavy atom. The molecule has 0 aromatic carbocycles. The first kappa shape index (κ1) is 14.8. The van der Waals surface area contributed by atoms with Gasteiger partial charge in [-0.25, -0.2) is 0 Å². The van der Waals surface area contributed by atoms with Crippen molar-refractivity contribution in [1.82, 2.24) is 5.32 Å². The monoisotopic (exact) mass is 266 g/mol. The van der Waals surface area contributed by atoms with Gasteiger partial charge in [-0.2, -0.15) is 0 Å². The lowest BCUT2D eigenvalue weighted by Crippen LogP contribution is -2.41. The number of rotatable bonds is 4. The summed E-state index contributed by atoms with van der Waals surface area (Å²) in [7, 11) is 0. The number of hydrogen-bond donors (Lipinski definition) is 2. The van der Waals surface area contributed by atoms with E-state index >= 15 is 0 Å². The second-order valence-electron chi connectivity index (χ2n) is 7.05. The van der Waals surface area contributed by atoms with Gasteiger partial charge in [0.2, 0.25) is 5.91 Å². The van der Waals surface area contributed by atoms with Crippen molar-refractivity contribution in [3.8, 4) is 0 Å². The molecule has 19 heavy (non-hydrogen) atoms. The van der Waals surface area contributed by atoms with E-state index in [1.807, 2.05) is 0 Å². The smallest absolute Gasteiger partial charge is 0.223 e. The minimum Gasteiger partial charge on any atom is -0.355 e. The van der Waals surface area contributed by atoms with E-state index in [0.717, 1.165) is 32.4 Å². The summed E-state index contributed by atoms with van der Waals surface area (Å²) >= 11 is 0. The van der Waals surface area contributed by atoms with Crippen molar-refractivity contribution < 1.29 is 4.79 Å². The van der Waals surface area contributed by atoms with Gasteiger partial charge in [0.25, 0.3) is 0 Å². The topological polar surface area (TPSA) is 55.1 Å². The number of carbonyl (C=O) groups is 1. The van der Waals surface area contributed by atoms with E-state index in [-0.39, 0.29) is 11.8 Å². The van der Waals surface area contributed by atoms with Crippen molar-refractivity contribution in [2.75, 3.05) is 13.1 Å². The van der Waals surface area contributed by atoms with Gasteiger partial charge in [-0.1, -0.05) is 32.6 Å². The van der Waals surface area contributed by atoms with Crippen LogP contribution in [0.4, 0.5) is 0 Å². The lowest BCUT2D eigenvalue weighted by molar-refractivity contribution is -0.127. The van der Waals surface area contributed by atoms with E-state index in [4.69, 9.17) is 5.73 Å². The molecule has 2 aliphatic carbocycles. The zero-order valence-corrected chi connectivity index (χ0v) is 12.4. The van der Waals surface area contributed by atoms with E-state index in [2.05, 4.69) is 12.2 Å². The lowest BCUT2D eigenvalue weighted by Gasteiger charge is -2.35. The quantitative estimate of drug-likeness (QED) is 0.822. The maximum Gasteiger partial charge on any atom is 0.223 e. The molecule has 2 atom stereocenters. The Balaban J connectivity index is 1.77. The minimum atomic E-state index is 0.217. The van der Waals surface area contributed by atoms with Crippen LogP contribution in [0, 0.1) is 17.3 Å². The van der Waals surface area contributed by atoms with Crippen LogP contribution in [-0.2, 0) is 4.79 Å². The molecular formula is C16H30N2O. The number of hydrogen-bond acceptors (Lipinski definition) is 2. The summed E-state index contributed by atoms with van der Waals surface area (Å²) in [6.45, 7) is 3.94. The predicted molar refractivity (Wildman–Crippen MR) is 78.7 cm³/mol. The fraction of sp³-hybridized carbons (Fsp3) is 0.938. The lowest BCUT2D eigenvalue weighted by atomic mass is 9.75. The maximum absolute atomic E-state index is 12.3. The Hall–Kier alpha value is -0.570. The first-order chi connectivity index (χ1) is 9.13. The second kappa shape index (κ2) is 6.74. The van der Waals surface area contributed by atoms with Gasteiger partial charge in [-0.15, -0.1) is 0 Å². The van der Waals surface area contributed by atoms with Gasteiger partial charge in [-0.05, 0) is 50.0 Å². The third kappa shape index (κ3) is 4.20. The maximum atomic E-state index is 12.3. The van der Waals surface area contributed by atoms with Crippen LogP contribution in [0.3, 0.4) is 0 Å². The van der Waals surface area contributed by atoms with Gasteiger partial charge < -0.3 is 11.1 Å². The van der Waals surface area contributed by atoms with Crippen LogP contribution in [0.1, 0.15) is 64.7 Å². The molecular weight excluding hydrogens is 236 g/mol. The largest absolute Gasteiger partial charge is 0.355 e. The first-order valence-corrected chi connectivity index (χ1v) is 8.11. The molecule has 2 rings (SSSR count). The van der Waals surface area contributed by atoms with Crippen molar-refractivity contribution in [3.63, 3.8) is 0 Å². The highest BCUT2D eigenvalue weighted by atomic mass is 16.1. The SMILES string of the molecule is CC1(CNC(=O)C2CCCC(CN)C2)CCCCC1. The van der Waals surface area contributed by atoms with E-state index in [1.165, 1.54) is 38.5 Å². The molecule has 3 heteroatoms. The highest BCUT2D eigenvalue weighted by molar-refractivity contribution is 5.78. The molecule has 0 aromatic rings. The third-order valence-corrected chi connectivity index (χ3v) is 5.24. The molecule has 1 amide bonds. The van der Waals surface area contributed by atoms with Crippen molar-refractivity contribution in [1.29, 1.82) is 0 Å². The Labute approximate surface area is 117 Å². The molecule has 0 aromatic heterocycles. The Bertz CT molecular complexity index is 297. The minimum absolute atomic E-state index is 0.217. The van der Waals surface area contributed by atoms with Crippen LogP contribution in [0.2, 0.25) is 0 Å². The Morgan fingerprint density at radius 1 is 1.21 bits per heavy atom. The second-order valence-corrected chi connectivity index (χ2v) is 7.05. The van der Waals surface area contributed by atoms with Gasteiger partial charge in [0.05, 0.1) is 0 Å². The summed E-state index contributed by atoms with van der Waals surface area (Å²) < 4.78 is 0. The van der Waals surface area contributed by atoms with Crippen molar-refractivity contribution in [3.05, 3.63) is 0 Å². The summed E-state index contributed by atoms with van der Waals surface area (Å²) in [6.07, 6.45) is 11.0. The highest BCUT2D eigenvalue weighted by Crippen LogP contribution is 2.35. The molecule has 2 saturated carbocycles. The number of nitrogens with one attached hydrogen (secondary N) is 1. The van der Waals surface area contributed by atoms with Crippen molar-refractivity contribution in [2.45, 2.75) is 64.7 Å². The zero-order valence-electron chi connectivity index (χ0n) is 12.4. The molecule has 0 aliphatic heterocycles. The number of amides is 1.